The average Bonchev–Trinajstić information content (AvgIpc) is 2.84. The number of sulfonamides is 1. The molecule has 0 atom stereocenters. The smallest absolute Gasteiger partial charge is 0.238 e. The van der Waals surface area contributed by atoms with Gasteiger partial charge in [-0.25, -0.2) is 13.6 Å². The van der Waals surface area contributed by atoms with Gasteiger partial charge in [0.1, 0.15) is 11.5 Å². The number of hydrogen-bond acceptors (Lipinski definition) is 5. The van der Waals surface area contributed by atoms with Crippen LogP contribution in [0.1, 0.15) is 25.0 Å². The van der Waals surface area contributed by atoms with E-state index in [0.717, 1.165) is 0 Å². The fourth-order valence-electron chi connectivity index (χ4n) is 2.80. The van der Waals surface area contributed by atoms with Crippen LogP contribution in [0.5, 0.6) is 5.75 Å². The third-order valence-corrected chi connectivity index (χ3v) is 5.09. The second-order valence-electron chi connectivity index (χ2n) is 6.45. The quantitative estimate of drug-likeness (QED) is 0.889. The van der Waals surface area contributed by atoms with Gasteiger partial charge in [0, 0.05) is 5.56 Å². The Morgan fingerprint density at radius 2 is 1.69 bits per heavy atom. The molecule has 0 spiro atoms. The van der Waals surface area contributed by atoms with Crippen LogP contribution in [0.15, 0.2) is 53.4 Å². The van der Waals surface area contributed by atoms with E-state index in [9.17, 15) is 13.2 Å². The Hall–Kier alpha value is -2.64. The predicted molar refractivity (Wildman–Crippen MR) is 97.8 cm³/mol. The number of primary sulfonamides is 1. The van der Waals surface area contributed by atoms with Crippen LogP contribution in [0.2, 0.25) is 0 Å². The van der Waals surface area contributed by atoms with E-state index in [4.69, 9.17) is 14.6 Å². The molecule has 1 aliphatic rings. The standard InChI is InChI=1S/C19H19NO5S/c1-19(2)18(21)16(13-5-4-6-14(11-13)24-3)17(25-19)12-7-9-15(10-8-12)26(20,22)23/h4-11H,1-3H3,(H2,20,22,23). The first-order chi connectivity index (χ1) is 12.1. The molecule has 136 valence electrons. The number of methoxy groups -OCH3 is 1. The number of ether oxygens (including phenoxy) is 2. The van der Waals surface area contributed by atoms with Gasteiger partial charge in [0.15, 0.2) is 5.60 Å². The molecule has 3 rings (SSSR count). The highest BCUT2D eigenvalue weighted by Gasteiger charge is 2.42. The molecular formula is C19H19NO5S. The molecule has 0 aliphatic carbocycles. The number of carbonyl (C=O) groups is 1. The van der Waals surface area contributed by atoms with Crippen LogP contribution < -0.4 is 9.88 Å². The number of Topliss-reactive ketones (excluding diaryl/α,β-unsaturated/α-hetero) is 1. The minimum Gasteiger partial charge on any atom is -0.497 e. The fraction of sp³-hybridized carbons (Fsp3) is 0.211. The van der Waals surface area contributed by atoms with Crippen molar-refractivity contribution in [3.05, 3.63) is 59.7 Å². The van der Waals surface area contributed by atoms with Crippen LogP contribution in [0, 0.1) is 0 Å². The highest BCUT2D eigenvalue weighted by molar-refractivity contribution is 7.89. The molecule has 0 saturated heterocycles. The number of ketones is 1. The molecule has 2 aromatic carbocycles. The van der Waals surface area contributed by atoms with E-state index in [1.807, 2.05) is 0 Å². The van der Waals surface area contributed by atoms with E-state index < -0.39 is 15.6 Å². The Morgan fingerprint density at radius 1 is 1.04 bits per heavy atom. The lowest BCUT2D eigenvalue weighted by molar-refractivity contribution is -0.125. The summed E-state index contributed by atoms with van der Waals surface area (Å²) >= 11 is 0. The molecule has 7 heteroatoms. The largest absolute Gasteiger partial charge is 0.497 e. The summed E-state index contributed by atoms with van der Waals surface area (Å²) in [5.41, 5.74) is 0.670. The average molecular weight is 373 g/mol. The van der Waals surface area contributed by atoms with Crippen molar-refractivity contribution in [2.75, 3.05) is 7.11 Å². The lowest BCUT2D eigenvalue weighted by atomic mass is 9.92. The van der Waals surface area contributed by atoms with Crippen molar-refractivity contribution in [1.82, 2.24) is 0 Å². The summed E-state index contributed by atoms with van der Waals surface area (Å²) in [6, 6.07) is 13.1. The van der Waals surface area contributed by atoms with Crippen molar-refractivity contribution in [3.63, 3.8) is 0 Å². The van der Waals surface area contributed by atoms with Crippen molar-refractivity contribution >= 4 is 27.1 Å². The number of benzene rings is 2. The molecule has 0 unspecified atom stereocenters. The van der Waals surface area contributed by atoms with Gasteiger partial charge in [0.25, 0.3) is 0 Å². The second-order valence-corrected chi connectivity index (χ2v) is 8.01. The molecule has 0 aromatic heterocycles. The van der Waals surface area contributed by atoms with E-state index in [-0.39, 0.29) is 10.7 Å². The van der Waals surface area contributed by atoms with Gasteiger partial charge in [-0.15, -0.1) is 0 Å². The fourth-order valence-corrected chi connectivity index (χ4v) is 3.31. The Labute approximate surface area is 152 Å². The maximum atomic E-state index is 12.9. The zero-order valence-electron chi connectivity index (χ0n) is 14.6. The molecule has 0 fully saturated rings. The van der Waals surface area contributed by atoms with Gasteiger partial charge in [-0.1, -0.05) is 12.1 Å². The first-order valence-electron chi connectivity index (χ1n) is 7.89. The van der Waals surface area contributed by atoms with Crippen molar-refractivity contribution in [2.24, 2.45) is 5.14 Å². The maximum Gasteiger partial charge on any atom is 0.238 e. The molecule has 0 amide bonds. The molecule has 6 nitrogen and oxygen atoms in total. The van der Waals surface area contributed by atoms with E-state index in [1.54, 1.807) is 57.4 Å². The van der Waals surface area contributed by atoms with Crippen molar-refractivity contribution in [3.8, 4) is 5.75 Å². The number of nitrogens with two attached hydrogens (primary N) is 1. The molecule has 2 N–H and O–H groups in total. The van der Waals surface area contributed by atoms with Gasteiger partial charge in [0.05, 0.1) is 17.6 Å². The summed E-state index contributed by atoms with van der Waals surface area (Å²) in [6.07, 6.45) is 0. The van der Waals surface area contributed by atoms with Gasteiger partial charge in [0.2, 0.25) is 15.8 Å². The molecular weight excluding hydrogens is 354 g/mol. The maximum absolute atomic E-state index is 12.9. The van der Waals surface area contributed by atoms with Crippen LogP contribution >= 0.6 is 0 Å². The van der Waals surface area contributed by atoms with Gasteiger partial charge >= 0.3 is 0 Å². The number of hydrogen-bond donors (Lipinski definition) is 1. The monoisotopic (exact) mass is 373 g/mol. The van der Waals surface area contributed by atoms with Crippen LogP contribution in [-0.2, 0) is 19.6 Å². The summed E-state index contributed by atoms with van der Waals surface area (Å²) in [6.45, 7) is 3.39. The van der Waals surface area contributed by atoms with Crippen molar-refractivity contribution in [1.29, 1.82) is 0 Å². The topological polar surface area (TPSA) is 95.7 Å². The third kappa shape index (κ3) is 3.23. The summed E-state index contributed by atoms with van der Waals surface area (Å²) in [5, 5.41) is 5.14. The molecule has 26 heavy (non-hydrogen) atoms. The second kappa shape index (κ2) is 6.26. The normalized spacial score (nSPS) is 16.5. The first kappa shape index (κ1) is 18.2. The Kier molecular flexibility index (Phi) is 4.37. The lowest BCUT2D eigenvalue weighted by Gasteiger charge is -2.17. The minimum absolute atomic E-state index is 0.00614. The summed E-state index contributed by atoms with van der Waals surface area (Å²) in [4.78, 5) is 12.9. The van der Waals surface area contributed by atoms with Crippen molar-refractivity contribution in [2.45, 2.75) is 24.3 Å². The lowest BCUT2D eigenvalue weighted by Crippen LogP contribution is -2.29. The highest BCUT2D eigenvalue weighted by Crippen LogP contribution is 2.41. The van der Waals surface area contributed by atoms with Gasteiger partial charge in [-0.3, -0.25) is 4.79 Å². The molecule has 1 aliphatic heterocycles. The van der Waals surface area contributed by atoms with Gasteiger partial charge in [-0.05, 0) is 55.8 Å². The summed E-state index contributed by atoms with van der Waals surface area (Å²) in [7, 11) is -2.24. The predicted octanol–water partition coefficient (Wildman–Crippen LogP) is 2.59. The van der Waals surface area contributed by atoms with E-state index >= 15 is 0 Å². The van der Waals surface area contributed by atoms with Crippen LogP contribution in [-0.4, -0.2) is 26.9 Å². The SMILES string of the molecule is COc1cccc(C2=C(c3ccc(S(N)(=O)=O)cc3)OC(C)(C)C2=O)c1. The minimum atomic E-state index is -3.79. The summed E-state index contributed by atoms with van der Waals surface area (Å²) < 4.78 is 34.0. The van der Waals surface area contributed by atoms with Gasteiger partial charge < -0.3 is 9.47 Å². The van der Waals surface area contributed by atoms with E-state index in [1.165, 1.54) is 12.1 Å². The Morgan fingerprint density at radius 3 is 2.27 bits per heavy atom. The number of rotatable bonds is 4. The highest BCUT2D eigenvalue weighted by atomic mass is 32.2. The molecule has 1 heterocycles. The Balaban J connectivity index is 2.16. The van der Waals surface area contributed by atoms with Gasteiger partial charge in [-0.2, -0.15) is 0 Å². The zero-order valence-corrected chi connectivity index (χ0v) is 15.5. The molecule has 0 radical (unpaired) electrons. The van der Waals surface area contributed by atoms with E-state index in [2.05, 4.69) is 0 Å². The molecule has 0 saturated carbocycles. The number of carbonyl (C=O) groups excluding carboxylic acids is 1. The summed E-state index contributed by atoms with van der Waals surface area (Å²) in [5.74, 6) is 0.863. The zero-order chi connectivity index (χ0) is 19.1. The van der Waals surface area contributed by atoms with Crippen LogP contribution in [0.25, 0.3) is 11.3 Å². The van der Waals surface area contributed by atoms with E-state index in [0.29, 0.717) is 28.2 Å². The van der Waals surface area contributed by atoms with Crippen molar-refractivity contribution < 1.29 is 22.7 Å². The Bertz CT molecular complexity index is 1000. The molecule has 2 aromatic rings. The van der Waals surface area contributed by atoms with Crippen LogP contribution in [0.4, 0.5) is 0 Å². The first-order valence-corrected chi connectivity index (χ1v) is 9.44. The molecule has 0 bridgehead atoms. The third-order valence-electron chi connectivity index (χ3n) is 4.16. The van der Waals surface area contributed by atoms with Crippen LogP contribution in [0.3, 0.4) is 0 Å².